The Kier molecular flexibility index (Phi) is 3.59. The highest BCUT2D eigenvalue weighted by atomic mass is 16.5. The molecule has 86 valence electrons. The van der Waals surface area contributed by atoms with Gasteiger partial charge in [-0.05, 0) is 32.4 Å². The van der Waals surface area contributed by atoms with Gasteiger partial charge in [0, 0.05) is 19.7 Å². The number of carbonyl (C=O) groups is 1. The van der Waals surface area contributed by atoms with Gasteiger partial charge in [-0.1, -0.05) is 0 Å². The van der Waals surface area contributed by atoms with E-state index in [1.165, 1.54) is 0 Å². The number of nitrogens with one attached hydrogen (secondary N) is 1. The molecule has 2 heterocycles. The number of piperidine rings is 1. The molecule has 2 saturated heterocycles. The number of rotatable bonds is 2. The van der Waals surface area contributed by atoms with Gasteiger partial charge >= 0.3 is 0 Å². The number of nitrogens with zero attached hydrogens (tertiary/aromatic N) is 1. The van der Waals surface area contributed by atoms with E-state index in [-0.39, 0.29) is 11.8 Å². The topological polar surface area (TPSA) is 41.6 Å². The SMILES string of the molecule is CN(C(=O)C1CCOC1)C1CCNCC1. The van der Waals surface area contributed by atoms with Gasteiger partial charge in [0.1, 0.15) is 0 Å². The lowest BCUT2D eigenvalue weighted by Gasteiger charge is -2.33. The molecule has 0 aliphatic carbocycles. The Morgan fingerprint density at radius 2 is 2.07 bits per heavy atom. The Bertz CT molecular complexity index is 221. The third kappa shape index (κ3) is 2.49. The molecule has 0 aromatic heterocycles. The van der Waals surface area contributed by atoms with Crippen molar-refractivity contribution in [2.45, 2.75) is 25.3 Å². The summed E-state index contributed by atoms with van der Waals surface area (Å²) in [6, 6.07) is 0.430. The molecule has 1 N–H and O–H groups in total. The second kappa shape index (κ2) is 4.94. The van der Waals surface area contributed by atoms with Crippen LogP contribution in [-0.4, -0.2) is 50.2 Å². The van der Waals surface area contributed by atoms with Crippen molar-refractivity contribution in [3.8, 4) is 0 Å². The third-order valence-corrected chi connectivity index (χ3v) is 3.48. The van der Waals surface area contributed by atoms with Gasteiger partial charge in [-0.3, -0.25) is 4.79 Å². The molecule has 2 aliphatic rings. The minimum atomic E-state index is 0.116. The first kappa shape index (κ1) is 10.9. The van der Waals surface area contributed by atoms with Crippen LogP contribution in [-0.2, 0) is 9.53 Å². The Morgan fingerprint density at radius 3 is 2.67 bits per heavy atom. The van der Waals surface area contributed by atoms with Crippen LogP contribution in [0.3, 0.4) is 0 Å². The lowest BCUT2D eigenvalue weighted by molar-refractivity contribution is -0.136. The summed E-state index contributed by atoms with van der Waals surface area (Å²) < 4.78 is 5.26. The van der Waals surface area contributed by atoms with Crippen molar-refractivity contribution < 1.29 is 9.53 Å². The summed E-state index contributed by atoms with van der Waals surface area (Å²) in [4.78, 5) is 14.0. The molecule has 15 heavy (non-hydrogen) atoms. The van der Waals surface area contributed by atoms with Crippen molar-refractivity contribution in [2.75, 3.05) is 33.4 Å². The fourth-order valence-corrected chi connectivity index (χ4v) is 2.39. The van der Waals surface area contributed by atoms with E-state index in [9.17, 15) is 4.79 Å². The van der Waals surface area contributed by atoms with Crippen LogP contribution in [0, 0.1) is 5.92 Å². The van der Waals surface area contributed by atoms with E-state index in [0.717, 1.165) is 39.0 Å². The predicted molar refractivity (Wildman–Crippen MR) is 57.6 cm³/mol. The van der Waals surface area contributed by atoms with Crippen molar-refractivity contribution in [2.24, 2.45) is 5.92 Å². The van der Waals surface area contributed by atoms with E-state index >= 15 is 0 Å². The molecular formula is C11H20N2O2. The average Bonchev–Trinajstić information content (AvgIpc) is 2.82. The first-order valence-corrected chi connectivity index (χ1v) is 5.84. The highest BCUT2D eigenvalue weighted by Crippen LogP contribution is 2.18. The van der Waals surface area contributed by atoms with Crippen molar-refractivity contribution in [1.82, 2.24) is 10.2 Å². The molecule has 1 atom stereocenters. The highest BCUT2D eigenvalue weighted by Gasteiger charge is 2.30. The predicted octanol–water partition coefficient (Wildman–Crippen LogP) is 0.233. The zero-order valence-corrected chi connectivity index (χ0v) is 9.37. The van der Waals surface area contributed by atoms with Crippen molar-refractivity contribution in [3.05, 3.63) is 0 Å². The summed E-state index contributed by atoms with van der Waals surface area (Å²) in [7, 11) is 1.94. The van der Waals surface area contributed by atoms with Crippen LogP contribution in [0.2, 0.25) is 0 Å². The molecule has 0 radical (unpaired) electrons. The van der Waals surface area contributed by atoms with Crippen molar-refractivity contribution in [3.63, 3.8) is 0 Å². The van der Waals surface area contributed by atoms with Gasteiger partial charge in [0.15, 0.2) is 0 Å². The summed E-state index contributed by atoms with van der Waals surface area (Å²) in [6.07, 6.45) is 3.06. The lowest BCUT2D eigenvalue weighted by atomic mass is 10.0. The van der Waals surface area contributed by atoms with Crippen LogP contribution in [0.15, 0.2) is 0 Å². The van der Waals surface area contributed by atoms with Crippen LogP contribution >= 0.6 is 0 Å². The van der Waals surface area contributed by atoms with Crippen molar-refractivity contribution in [1.29, 1.82) is 0 Å². The number of hydrogen-bond acceptors (Lipinski definition) is 3. The molecule has 2 aliphatic heterocycles. The highest BCUT2D eigenvalue weighted by molar-refractivity contribution is 5.79. The summed E-state index contributed by atoms with van der Waals surface area (Å²) in [6.45, 7) is 3.43. The van der Waals surface area contributed by atoms with Crippen LogP contribution in [0.25, 0.3) is 0 Å². The minimum Gasteiger partial charge on any atom is -0.381 e. The summed E-state index contributed by atoms with van der Waals surface area (Å²) in [5, 5.41) is 3.32. The van der Waals surface area contributed by atoms with Gasteiger partial charge in [0.2, 0.25) is 5.91 Å². The normalized spacial score (nSPS) is 27.9. The summed E-state index contributed by atoms with van der Waals surface area (Å²) in [5.74, 6) is 0.393. The van der Waals surface area contributed by atoms with E-state index in [4.69, 9.17) is 4.74 Å². The number of hydrogen-bond donors (Lipinski definition) is 1. The van der Waals surface area contributed by atoms with Crippen LogP contribution in [0.4, 0.5) is 0 Å². The Labute approximate surface area is 91.0 Å². The van der Waals surface area contributed by atoms with Crippen molar-refractivity contribution >= 4 is 5.91 Å². The molecule has 1 unspecified atom stereocenters. The first-order valence-electron chi connectivity index (χ1n) is 5.84. The van der Waals surface area contributed by atoms with Gasteiger partial charge in [-0.15, -0.1) is 0 Å². The van der Waals surface area contributed by atoms with E-state index in [1.807, 2.05) is 11.9 Å². The van der Waals surface area contributed by atoms with Gasteiger partial charge in [0.05, 0.1) is 12.5 Å². The fourth-order valence-electron chi connectivity index (χ4n) is 2.39. The Balaban J connectivity index is 1.87. The molecule has 2 rings (SSSR count). The summed E-state index contributed by atoms with van der Waals surface area (Å²) in [5.41, 5.74) is 0. The maximum absolute atomic E-state index is 12.1. The molecular weight excluding hydrogens is 192 g/mol. The molecule has 4 heteroatoms. The molecule has 0 bridgehead atoms. The monoisotopic (exact) mass is 212 g/mol. The lowest BCUT2D eigenvalue weighted by Crippen LogP contribution is -2.46. The van der Waals surface area contributed by atoms with Gasteiger partial charge in [-0.2, -0.15) is 0 Å². The second-order valence-corrected chi connectivity index (χ2v) is 4.49. The van der Waals surface area contributed by atoms with E-state index in [0.29, 0.717) is 12.6 Å². The van der Waals surface area contributed by atoms with Gasteiger partial charge in [-0.25, -0.2) is 0 Å². The van der Waals surface area contributed by atoms with Crippen LogP contribution < -0.4 is 5.32 Å². The smallest absolute Gasteiger partial charge is 0.228 e. The molecule has 0 saturated carbocycles. The molecule has 1 amide bonds. The Morgan fingerprint density at radius 1 is 1.33 bits per heavy atom. The van der Waals surface area contributed by atoms with Gasteiger partial charge < -0.3 is 15.0 Å². The van der Waals surface area contributed by atoms with E-state index in [2.05, 4.69) is 5.32 Å². The average molecular weight is 212 g/mol. The summed E-state index contributed by atoms with van der Waals surface area (Å²) >= 11 is 0. The minimum absolute atomic E-state index is 0.116. The molecule has 4 nitrogen and oxygen atoms in total. The first-order chi connectivity index (χ1) is 7.29. The maximum atomic E-state index is 12.1. The molecule has 0 aromatic carbocycles. The molecule has 2 fully saturated rings. The second-order valence-electron chi connectivity index (χ2n) is 4.49. The number of carbonyl (C=O) groups excluding carboxylic acids is 1. The zero-order valence-electron chi connectivity index (χ0n) is 9.37. The van der Waals surface area contributed by atoms with Crippen LogP contribution in [0.5, 0.6) is 0 Å². The van der Waals surface area contributed by atoms with E-state index in [1.54, 1.807) is 0 Å². The van der Waals surface area contributed by atoms with E-state index < -0.39 is 0 Å². The third-order valence-electron chi connectivity index (χ3n) is 3.48. The largest absolute Gasteiger partial charge is 0.381 e. The standard InChI is InChI=1S/C11H20N2O2/c1-13(10-2-5-12-6-3-10)11(14)9-4-7-15-8-9/h9-10,12H,2-8H2,1H3. The van der Waals surface area contributed by atoms with Crippen LogP contribution in [0.1, 0.15) is 19.3 Å². The fraction of sp³-hybridized carbons (Fsp3) is 0.909. The quantitative estimate of drug-likeness (QED) is 0.712. The molecule has 0 aromatic rings. The van der Waals surface area contributed by atoms with Gasteiger partial charge in [0.25, 0.3) is 0 Å². The molecule has 0 spiro atoms. The Hall–Kier alpha value is -0.610. The number of amides is 1. The maximum Gasteiger partial charge on any atom is 0.228 e. The zero-order chi connectivity index (χ0) is 10.7. The number of ether oxygens (including phenoxy) is 1.